The highest BCUT2D eigenvalue weighted by molar-refractivity contribution is 6.30. The lowest BCUT2D eigenvalue weighted by atomic mass is 10.1. The molecule has 1 atom stereocenters. The molecule has 2 rings (SSSR count). The van der Waals surface area contributed by atoms with Gasteiger partial charge in [0.15, 0.2) is 6.61 Å². The van der Waals surface area contributed by atoms with Crippen molar-refractivity contribution in [2.24, 2.45) is 0 Å². The van der Waals surface area contributed by atoms with Gasteiger partial charge in [0.1, 0.15) is 17.6 Å². The molecule has 1 unspecified atom stereocenters. The SMILES string of the molecule is CCC(C(=O)NC(C)(C)C)N(Cc1ccc(F)cc1)C(=O)COc1ccc(Cl)cc1. The number of hydrogen-bond acceptors (Lipinski definition) is 3. The Kier molecular flexibility index (Phi) is 8.24. The van der Waals surface area contributed by atoms with E-state index in [9.17, 15) is 14.0 Å². The van der Waals surface area contributed by atoms with Crippen LogP contribution in [0.25, 0.3) is 0 Å². The fraction of sp³-hybridized carbons (Fsp3) is 0.391. The van der Waals surface area contributed by atoms with Gasteiger partial charge >= 0.3 is 0 Å². The highest BCUT2D eigenvalue weighted by atomic mass is 35.5. The van der Waals surface area contributed by atoms with E-state index in [-0.39, 0.29) is 30.8 Å². The number of ether oxygens (including phenoxy) is 1. The summed E-state index contributed by atoms with van der Waals surface area (Å²) in [6.07, 6.45) is 0.426. The molecule has 2 aromatic carbocycles. The summed E-state index contributed by atoms with van der Waals surface area (Å²) in [5.74, 6) is -0.445. The zero-order chi connectivity index (χ0) is 22.3. The van der Waals surface area contributed by atoms with Crippen molar-refractivity contribution in [1.29, 1.82) is 0 Å². The van der Waals surface area contributed by atoms with Crippen LogP contribution in [0, 0.1) is 5.82 Å². The van der Waals surface area contributed by atoms with Crippen molar-refractivity contribution in [1.82, 2.24) is 10.2 Å². The lowest BCUT2D eigenvalue weighted by Gasteiger charge is -2.33. The van der Waals surface area contributed by atoms with Gasteiger partial charge in [-0.1, -0.05) is 30.7 Å². The second-order valence-electron chi connectivity index (χ2n) is 8.05. The fourth-order valence-electron chi connectivity index (χ4n) is 2.92. The molecule has 0 aliphatic carbocycles. The summed E-state index contributed by atoms with van der Waals surface area (Å²) >= 11 is 5.87. The maximum Gasteiger partial charge on any atom is 0.261 e. The maximum atomic E-state index is 13.3. The van der Waals surface area contributed by atoms with E-state index >= 15 is 0 Å². The molecule has 5 nitrogen and oxygen atoms in total. The third-order valence-corrected chi connectivity index (χ3v) is 4.58. The molecule has 2 amide bonds. The van der Waals surface area contributed by atoms with Crippen LogP contribution in [0.3, 0.4) is 0 Å². The molecular formula is C23H28ClFN2O3. The summed E-state index contributed by atoms with van der Waals surface area (Å²) in [5, 5.41) is 3.50. The van der Waals surface area contributed by atoms with Crippen LogP contribution in [0.1, 0.15) is 39.7 Å². The molecule has 0 bridgehead atoms. The Hall–Kier alpha value is -2.60. The third kappa shape index (κ3) is 7.34. The van der Waals surface area contributed by atoms with E-state index in [0.29, 0.717) is 17.2 Å². The number of halogens is 2. The summed E-state index contributed by atoms with van der Waals surface area (Å²) in [6, 6.07) is 11.9. The number of nitrogens with zero attached hydrogens (tertiary/aromatic N) is 1. The van der Waals surface area contributed by atoms with Crippen LogP contribution in [-0.2, 0) is 16.1 Å². The molecule has 0 aliphatic heterocycles. The summed E-state index contributed by atoms with van der Waals surface area (Å²) in [4.78, 5) is 27.4. The number of carbonyl (C=O) groups is 2. The number of nitrogens with one attached hydrogen (secondary N) is 1. The minimum Gasteiger partial charge on any atom is -0.484 e. The Bertz CT molecular complexity index is 848. The van der Waals surface area contributed by atoms with E-state index in [1.807, 2.05) is 27.7 Å². The number of benzene rings is 2. The molecule has 0 heterocycles. The number of amides is 2. The first-order chi connectivity index (χ1) is 14.1. The van der Waals surface area contributed by atoms with Gasteiger partial charge in [-0.15, -0.1) is 0 Å². The summed E-state index contributed by atoms with van der Waals surface area (Å²) in [5.41, 5.74) is 0.285. The Labute approximate surface area is 182 Å². The Morgan fingerprint density at radius 1 is 1.10 bits per heavy atom. The van der Waals surface area contributed by atoms with Crippen molar-refractivity contribution in [3.05, 3.63) is 64.9 Å². The maximum absolute atomic E-state index is 13.3. The Balaban J connectivity index is 2.21. The normalized spacial score (nSPS) is 12.2. The predicted octanol–water partition coefficient (Wildman–Crippen LogP) is 4.58. The number of carbonyl (C=O) groups excluding carboxylic acids is 2. The lowest BCUT2D eigenvalue weighted by molar-refractivity contribution is -0.143. The van der Waals surface area contributed by atoms with Gasteiger partial charge in [0.25, 0.3) is 5.91 Å². The van der Waals surface area contributed by atoms with Gasteiger partial charge in [0, 0.05) is 17.1 Å². The van der Waals surface area contributed by atoms with Crippen LogP contribution in [0.4, 0.5) is 4.39 Å². The zero-order valence-corrected chi connectivity index (χ0v) is 18.5. The summed E-state index contributed by atoms with van der Waals surface area (Å²) < 4.78 is 18.9. The third-order valence-electron chi connectivity index (χ3n) is 4.33. The van der Waals surface area contributed by atoms with E-state index in [2.05, 4.69) is 5.32 Å². The van der Waals surface area contributed by atoms with Crippen LogP contribution in [-0.4, -0.2) is 34.9 Å². The molecule has 0 saturated heterocycles. The van der Waals surface area contributed by atoms with E-state index in [1.54, 1.807) is 36.4 Å². The summed E-state index contributed by atoms with van der Waals surface area (Å²) in [7, 11) is 0. The van der Waals surface area contributed by atoms with Gasteiger partial charge in [-0.2, -0.15) is 0 Å². The second-order valence-corrected chi connectivity index (χ2v) is 8.49. The van der Waals surface area contributed by atoms with Gasteiger partial charge in [0.05, 0.1) is 0 Å². The highest BCUT2D eigenvalue weighted by Crippen LogP contribution is 2.18. The lowest BCUT2D eigenvalue weighted by Crippen LogP contribution is -2.54. The molecule has 7 heteroatoms. The molecule has 0 radical (unpaired) electrons. The average molecular weight is 435 g/mol. The van der Waals surface area contributed by atoms with Crippen molar-refractivity contribution in [3.8, 4) is 5.75 Å². The molecule has 30 heavy (non-hydrogen) atoms. The van der Waals surface area contributed by atoms with Gasteiger partial charge in [-0.25, -0.2) is 4.39 Å². The number of rotatable bonds is 8. The van der Waals surface area contributed by atoms with Gasteiger partial charge in [0.2, 0.25) is 5.91 Å². The second kappa shape index (κ2) is 10.4. The standard InChI is InChI=1S/C23H28ClFN2O3/c1-5-20(22(29)26-23(2,3)4)27(14-16-6-10-18(25)11-7-16)21(28)15-30-19-12-8-17(24)9-13-19/h6-13,20H,5,14-15H2,1-4H3,(H,26,29). The van der Waals surface area contributed by atoms with E-state index in [1.165, 1.54) is 17.0 Å². The molecule has 0 aliphatic rings. The van der Waals surface area contributed by atoms with Crippen LogP contribution >= 0.6 is 11.6 Å². The summed E-state index contributed by atoms with van der Waals surface area (Å²) in [6.45, 7) is 7.42. The first-order valence-corrected chi connectivity index (χ1v) is 10.2. The smallest absolute Gasteiger partial charge is 0.261 e. The van der Waals surface area contributed by atoms with Crippen LogP contribution in [0.5, 0.6) is 5.75 Å². The van der Waals surface area contributed by atoms with Crippen LogP contribution < -0.4 is 10.1 Å². The monoisotopic (exact) mass is 434 g/mol. The molecule has 0 fully saturated rings. The van der Waals surface area contributed by atoms with Gasteiger partial charge in [-0.05, 0) is 69.2 Å². The predicted molar refractivity (Wildman–Crippen MR) is 116 cm³/mol. The Morgan fingerprint density at radius 2 is 1.70 bits per heavy atom. The molecule has 0 aromatic heterocycles. The van der Waals surface area contributed by atoms with Crippen molar-refractivity contribution in [2.45, 2.75) is 52.2 Å². The van der Waals surface area contributed by atoms with E-state index in [4.69, 9.17) is 16.3 Å². The first-order valence-electron chi connectivity index (χ1n) is 9.83. The minimum absolute atomic E-state index is 0.166. The van der Waals surface area contributed by atoms with E-state index < -0.39 is 11.6 Å². The zero-order valence-electron chi connectivity index (χ0n) is 17.7. The topological polar surface area (TPSA) is 58.6 Å². The molecular weight excluding hydrogens is 407 g/mol. The minimum atomic E-state index is -0.685. The molecule has 1 N–H and O–H groups in total. The van der Waals surface area contributed by atoms with Crippen molar-refractivity contribution >= 4 is 23.4 Å². The quantitative estimate of drug-likeness (QED) is 0.661. The molecule has 0 saturated carbocycles. The number of hydrogen-bond donors (Lipinski definition) is 1. The molecule has 2 aromatic rings. The van der Waals surface area contributed by atoms with Crippen molar-refractivity contribution < 1.29 is 18.7 Å². The van der Waals surface area contributed by atoms with Crippen molar-refractivity contribution in [3.63, 3.8) is 0 Å². The van der Waals surface area contributed by atoms with Crippen LogP contribution in [0.15, 0.2) is 48.5 Å². The van der Waals surface area contributed by atoms with Crippen LogP contribution in [0.2, 0.25) is 5.02 Å². The highest BCUT2D eigenvalue weighted by Gasteiger charge is 2.30. The van der Waals surface area contributed by atoms with Gasteiger partial charge in [-0.3, -0.25) is 9.59 Å². The first kappa shape index (κ1) is 23.7. The fourth-order valence-corrected chi connectivity index (χ4v) is 3.04. The Morgan fingerprint density at radius 3 is 2.23 bits per heavy atom. The largest absolute Gasteiger partial charge is 0.484 e. The molecule has 0 spiro atoms. The van der Waals surface area contributed by atoms with Crippen molar-refractivity contribution in [2.75, 3.05) is 6.61 Å². The molecule has 162 valence electrons. The average Bonchev–Trinajstić information content (AvgIpc) is 2.67. The van der Waals surface area contributed by atoms with Gasteiger partial charge < -0.3 is 15.0 Å². The van der Waals surface area contributed by atoms with E-state index in [0.717, 1.165) is 5.56 Å².